The van der Waals surface area contributed by atoms with Crippen molar-refractivity contribution in [3.8, 4) is 0 Å². The Bertz CT molecular complexity index is 390. The van der Waals surface area contributed by atoms with Gasteiger partial charge in [0.25, 0.3) is 5.91 Å². The number of amides is 1. The molecule has 17 heavy (non-hydrogen) atoms. The molecule has 1 aliphatic rings. The van der Waals surface area contributed by atoms with Crippen LogP contribution in [0.25, 0.3) is 0 Å². The molecule has 0 bridgehead atoms. The summed E-state index contributed by atoms with van der Waals surface area (Å²) in [5.74, 6) is 0.0425. The lowest BCUT2D eigenvalue weighted by Crippen LogP contribution is -2.52. The minimum Gasteiger partial charge on any atom is -0.332 e. The third-order valence-corrected chi connectivity index (χ3v) is 3.44. The van der Waals surface area contributed by atoms with Crippen LogP contribution in [0.2, 0.25) is 0 Å². The van der Waals surface area contributed by atoms with E-state index in [0.29, 0.717) is 5.69 Å². The molecular weight excluding hydrogens is 307 g/mol. The predicted molar refractivity (Wildman–Crippen MR) is 71.5 cm³/mol. The molecule has 5 nitrogen and oxygen atoms in total. The molecule has 96 valence electrons. The van der Waals surface area contributed by atoms with Gasteiger partial charge in [0.2, 0.25) is 0 Å². The van der Waals surface area contributed by atoms with E-state index in [0.717, 1.165) is 24.1 Å². The van der Waals surface area contributed by atoms with Crippen LogP contribution in [0.1, 0.15) is 17.4 Å². The molecular formula is C10H16BrClN4O. The van der Waals surface area contributed by atoms with E-state index < -0.39 is 0 Å². The SMILES string of the molecule is C[C@H]1CNCCN1C(=O)c1c(Br)cnn1C.Cl. The van der Waals surface area contributed by atoms with Crippen LogP contribution in [-0.4, -0.2) is 46.3 Å². The van der Waals surface area contributed by atoms with E-state index in [4.69, 9.17) is 0 Å². The zero-order valence-electron chi connectivity index (χ0n) is 9.81. The maximum Gasteiger partial charge on any atom is 0.273 e. The highest BCUT2D eigenvalue weighted by Gasteiger charge is 2.27. The Labute approximate surface area is 115 Å². The molecule has 2 heterocycles. The summed E-state index contributed by atoms with van der Waals surface area (Å²) in [4.78, 5) is 14.2. The zero-order chi connectivity index (χ0) is 11.7. The molecule has 0 unspecified atom stereocenters. The number of carbonyl (C=O) groups excluding carboxylic acids is 1. The minimum absolute atomic E-state index is 0. The normalized spacial score (nSPS) is 19.9. The van der Waals surface area contributed by atoms with Gasteiger partial charge in [-0.1, -0.05) is 0 Å². The van der Waals surface area contributed by atoms with Crippen LogP contribution >= 0.6 is 28.3 Å². The van der Waals surface area contributed by atoms with E-state index in [9.17, 15) is 4.79 Å². The van der Waals surface area contributed by atoms with Crippen molar-refractivity contribution in [3.05, 3.63) is 16.4 Å². The van der Waals surface area contributed by atoms with Crippen LogP contribution in [0.5, 0.6) is 0 Å². The molecule has 2 rings (SSSR count). The van der Waals surface area contributed by atoms with Gasteiger partial charge < -0.3 is 10.2 Å². The summed E-state index contributed by atoms with van der Waals surface area (Å²) in [6, 6.07) is 0.225. The van der Waals surface area contributed by atoms with Gasteiger partial charge in [-0.05, 0) is 22.9 Å². The van der Waals surface area contributed by atoms with Crippen LogP contribution < -0.4 is 5.32 Å². The fourth-order valence-electron chi connectivity index (χ4n) is 1.93. The Morgan fingerprint density at radius 1 is 1.65 bits per heavy atom. The lowest BCUT2D eigenvalue weighted by atomic mass is 10.2. The summed E-state index contributed by atoms with van der Waals surface area (Å²) >= 11 is 3.36. The third kappa shape index (κ3) is 2.81. The monoisotopic (exact) mass is 322 g/mol. The van der Waals surface area contributed by atoms with Crippen molar-refractivity contribution < 1.29 is 4.79 Å². The molecule has 0 radical (unpaired) electrons. The van der Waals surface area contributed by atoms with Crippen molar-refractivity contribution in [2.75, 3.05) is 19.6 Å². The Kier molecular flexibility index (Phi) is 4.97. The van der Waals surface area contributed by atoms with Gasteiger partial charge in [0.1, 0.15) is 5.69 Å². The number of aromatic nitrogens is 2. The van der Waals surface area contributed by atoms with Crippen molar-refractivity contribution >= 4 is 34.2 Å². The van der Waals surface area contributed by atoms with Crippen LogP contribution in [0.3, 0.4) is 0 Å². The number of rotatable bonds is 1. The second kappa shape index (κ2) is 5.84. The van der Waals surface area contributed by atoms with Gasteiger partial charge in [-0.15, -0.1) is 12.4 Å². The van der Waals surface area contributed by atoms with E-state index >= 15 is 0 Å². The molecule has 0 aromatic carbocycles. The quantitative estimate of drug-likeness (QED) is 0.840. The maximum absolute atomic E-state index is 12.3. The summed E-state index contributed by atoms with van der Waals surface area (Å²) in [5.41, 5.74) is 0.619. The number of piperazine rings is 1. The fraction of sp³-hybridized carbons (Fsp3) is 0.600. The molecule has 7 heteroatoms. The standard InChI is InChI=1S/C10H15BrN4O.ClH/c1-7-5-12-3-4-15(7)10(16)9-8(11)6-13-14(9)2;/h6-7,12H,3-5H2,1-2H3;1H/t7-;/m0./s1. The highest BCUT2D eigenvalue weighted by atomic mass is 79.9. The fourth-order valence-corrected chi connectivity index (χ4v) is 2.45. The molecule has 0 aliphatic carbocycles. The Morgan fingerprint density at radius 3 is 2.88 bits per heavy atom. The smallest absolute Gasteiger partial charge is 0.273 e. The predicted octanol–water partition coefficient (Wildman–Crippen LogP) is 1.04. The average molecular weight is 324 g/mol. The molecule has 1 aliphatic heterocycles. The van der Waals surface area contributed by atoms with Crippen molar-refractivity contribution in [2.45, 2.75) is 13.0 Å². The molecule has 1 saturated heterocycles. The number of hydrogen-bond acceptors (Lipinski definition) is 3. The van der Waals surface area contributed by atoms with E-state index in [1.807, 2.05) is 11.8 Å². The highest BCUT2D eigenvalue weighted by molar-refractivity contribution is 9.10. The first-order valence-corrected chi connectivity index (χ1v) is 6.09. The topological polar surface area (TPSA) is 50.2 Å². The van der Waals surface area contributed by atoms with Gasteiger partial charge in [-0.3, -0.25) is 9.48 Å². The first-order valence-electron chi connectivity index (χ1n) is 5.30. The zero-order valence-corrected chi connectivity index (χ0v) is 12.2. The second-order valence-corrected chi connectivity index (χ2v) is 4.87. The third-order valence-electron chi connectivity index (χ3n) is 2.86. The molecule has 0 saturated carbocycles. The molecule has 1 aromatic rings. The van der Waals surface area contributed by atoms with Gasteiger partial charge in [0.15, 0.2) is 0 Å². The molecule has 1 fully saturated rings. The van der Waals surface area contributed by atoms with Crippen molar-refractivity contribution in [3.63, 3.8) is 0 Å². The summed E-state index contributed by atoms with van der Waals surface area (Å²) in [5, 5.41) is 7.33. The summed E-state index contributed by atoms with van der Waals surface area (Å²) in [6.07, 6.45) is 1.65. The largest absolute Gasteiger partial charge is 0.332 e. The molecule has 0 spiro atoms. The van der Waals surface area contributed by atoms with Crippen molar-refractivity contribution in [2.24, 2.45) is 7.05 Å². The van der Waals surface area contributed by atoms with E-state index in [1.165, 1.54) is 0 Å². The number of carbonyl (C=O) groups is 1. The molecule has 1 aromatic heterocycles. The molecule has 1 amide bonds. The lowest BCUT2D eigenvalue weighted by molar-refractivity contribution is 0.0643. The Morgan fingerprint density at radius 2 is 2.35 bits per heavy atom. The van der Waals surface area contributed by atoms with Crippen molar-refractivity contribution in [1.82, 2.24) is 20.0 Å². The summed E-state index contributed by atoms with van der Waals surface area (Å²) in [7, 11) is 1.78. The number of nitrogens with one attached hydrogen (secondary N) is 1. The first-order chi connectivity index (χ1) is 7.61. The minimum atomic E-state index is 0. The van der Waals surface area contributed by atoms with E-state index in [2.05, 4.69) is 26.3 Å². The van der Waals surface area contributed by atoms with E-state index in [1.54, 1.807) is 17.9 Å². The number of halogens is 2. The maximum atomic E-state index is 12.3. The van der Waals surface area contributed by atoms with Crippen LogP contribution in [0.15, 0.2) is 10.7 Å². The van der Waals surface area contributed by atoms with Crippen molar-refractivity contribution in [1.29, 1.82) is 0 Å². The van der Waals surface area contributed by atoms with Gasteiger partial charge in [-0.2, -0.15) is 5.10 Å². The Hall–Kier alpha value is -0.590. The summed E-state index contributed by atoms with van der Waals surface area (Å²) < 4.78 is 2.37. The van der Waals surface area contributed by atoms with Gasteiger partial charge in [-0.25, -0.2) is 0 Å². The molecule has 1 atom stereocenters. The van der Waals surface area contributed by atoms with Gasteiger partial charge in [0, 0.05) is 32.7 Å². The van der Waals surface area contributed by atoms with Crippen LogP contribution in [-0.2, 0) is 7.05 Å². The highest BCUT2D eigenvalue weighted by Crippen LogP contribution is 2.18. The second-order valence-electron chi connectivity index (χ2n) is 4.02. The van der Waals surface area contributed by atoms with Crippen LogP contribution in [0, 0.1) is 0 Å². The van der Waals surface area contributed by atoms with E-state index in [-0.39, 0.29) is 24.4 Å². The number of hydrogen-bond donors (Lipinski definition) is 1. The molecule has 1 N–H and O–H groups in total. The number of aryl methyl sites for hydroxylation is 1. The van der Waals surface area contributed by atoms with Gasteiger partial charge in [0.05, 0.1) is 10.7 Å². The van der Waals surface area contributed by atoms with Gasteiger partial charge >= 0.3 is 0 Å². The van der Waals surface area contributed by atoms with Crippen LogP contribution in [0.4, 0.5) is 0 Å². The summed E-state index contributed by atoms with van der Waals surface area (Å²) in [6.45, 7) is 4.50. The lowest BCUT2D eigenvalue weighted by Gasteiger charge is -2.33. The average Bonchev–Trinajstić information content (AvgIpc) is 2.58. The Balaban J connectivity index is 0.00000144. The first kappa shape index (κ1) is 14.5. The number of nitrogens with zero attached hydrogens (tertiary/aromatic N) is 3.